The van der Waals surface area contributed by atoms with Crippen LogP contribution < -0.4 is 11.1 Å². The van der Waals surface area contributed by atoms with E-state index in [0.29, 0.717) is 0 Å². The van der Waals surface area contributed by atoms with Gasteiger partial charge in [-0.1, -0.05) is 48.5 Å². The van der Waals surface area contributed by atoms with Crippen molar-refractivity contribution in [3.8, 4) is 11.1 Å². The van der Waals surface area contributed by atoms with E-state index in [9.17, 15) is 0 Å². The molecule has 0 aromatic heterocycles. The van der Waals surface area contributed by atoms with Gasteiger partial charge in [0.25, 0.3) is 0 Å². The van der Waals surface area contributed by atoms with Crippen molar-refractivity contribution in [1.82, 2.24) is 0 Å². The van der Waals surface area contributed by atoms with E-state index in [-0.39, 0.29) is 0 Å². The first-order chi connectivity index (χ1) is 10.2. The summed E-state index contributed by atoms with van der Waals surface area (Å²) in [5.74, 6) is 0. The molecule has 0 saturated carbocycles. The SMILES string of the molecule is Cc1cc(N)ccc1Nc1ccccc1-c1ccccc1. The number of nitrogens with two attached hydrogens (primary N) is 1. The molecule has 0 heterocycles. The van der Waals surface area contributed by atoms with Gasteiger partial charge in [-0.05, 0) is 42.3 Å². The van der Waals surface area contributed by atoms with Crippen molar-refractivity contribution in [2.24, 2.45) is 0 Å². The zero-order valence-electron chi connectivity index (χ0n) is 12.0. The van der Waals surface area contributed by atoms with E-state index >= 15 is 0 Å². The summed E-state index contributed by atoms with van der Waals surface area (Å²) in [7, 11) is 0. The summed E-state index contributed by atoms with van der Waals surface area (Å²) in [6.07, 6.45) is 0. The van der Waals surface area contributed by atoms with E-state index in [2.05, 4.69) is 54.7 Å². The molecule has 0 amide bonds. The summed E-state index contributed by atoms with van der Waals surface area (Å²) in [6, 6.07) is 24.6. The second-order valence-electron chi connectivity index (χ2n) is 5.11. The molecule has 21 heavy (non-hydrogen) atoms. The van der Waals surface area contributed by atoms with Crippen LogP contribution in [0.1, 0.15) is 5.56 Å². The van der Waals surface area contributed by atoms with Crippen LogP contribution in [-0.4, -0.2) is 0 Å². The van der Waals surface area contributed by atoms with Crippen molar-refractivity contribution in [3.05, 3.63) is 78.4 Å². The Bertz CT molecular complexity index is 749. The third-order valence-electron chi connectivity index (χ3n) is 3.53. The second kappa shape index (κ2) is 5.71. The van der Waals surface area contributed by atoms with Gasteiger partial charge in [-0.3, -0.25) is 0 Å². The topological polar surface area (TPSA) is 38.0 Å². The first-order valence-corrected chi connectivity index (χ1v) is 7.01. The van der Waals surface area contributed by atoms with Crippen molar-refractivity contribution in [2.45, 2.75) is 6.92 Å². The summed E-state index contributed by atoms with van der Waals surface area (Å²) in [4.78, 5) is 0. The van der Waals surface area contributed by atoms with Gasteiger partial charge in [0.1, 0.15) is 0 Å². The minimum absolute atomic E-state index is 0.786. The highest BCUT2D eigenvalue weighted by atomic mass is 14.9. The summed E-state index contributed by atoms with van der Waals surface area (Å²) >= 11 is 0. The summed E-state index contributed by atoms with van der Waals surface area (Å²) in [5, 5.41) is 3.51. The quantitative estimate of drug-likeness (QED) is 0.660. The molecule has 2 heteroatoms. The number of anilines is 3. The van der Waals surface area contributed by atoms with Crippen molar-refractivity contribution < 1.29 is 0 Å². The Balaban J connectivity index is 2.00. The van der Waals surface area contributed by atoms with Crippen LogP contribution in [0.3, 0.4) is 0 Å². The van der Waals surface area contributed by atoms with E-state index in [1.807, 2.05) is 30.3 Å². The van der Waals surface area contributed by atoms with Crippen LogP contribution >= 0.6 is 0 Å². The Labute approximate surface area is 125 Å². The third-order valence-corrected chi connectivity index (χ3v) is 3.53. The van der Waals surface area contributed by atoms with Crippen LogP contribution in [0.2, 0.25) is 0 Å². The molecular weight excluding hydrogens is 256 g/mol. The smallest absolute Gasteiger partial charge is 0.0463 e. The number of nitrogens with one attached hydrogen (secondary N) is 1. The molecule has 0 aliphatic heterocycles. The van der Waals surface area contributed by atoms with Crippen LogP contribution in [-0.2, 0) is 0 Å². The first kappa shape index (κ1) is 13.3. The van der Waals surface area contributed by atoms with Crippen LogP contribution in [0, 0.1) is 6.92 Å². The molecule has 0 atom stereocenters. The molecule has 2 nitrogen and oxygen atoms in total. The van der Waals surface area contributed by atoms with Gasteiger partial charge < -0.3 is 11.1 Å². The van der Waals surface area contributed by atoms with Gasteiger partial charge in [-0.15, -0.1) is 0 Å². The molecule has 0 spiro atoms. The monoisotopic (exact) mass is 274 g/mol. The van der Waals surface area contributed by atoms with Crippen LogP contribution in [0.4, 0.5) is 17.1 Å². The number of para-hydroxylation sites is 1. The maximum atomic E-state index is 5.81. The van der Waals surface area contributed by atoms with Gasteiger partial charge in [0.2, 0.25) is 0 Å². The zero-order chi connectivity index (χ0) is 14.7. The van der Waals surface area contributed by atoms with E-state index < -0.39 is 0 Å². The van der Waals surface area contributed by atoms with Crippen LogP contribution in [0.15, 0.2) is 72.8 Å². The molecule has 0 saturated heterocycles. The van der Waals surface area contributed by atoms with E-state index in [1.54, 1.807) is 0 Å². The molecule has 0 aliphatic carbocycles. The second-order valence-corrected chi connectivity index (χ2v) is 5.11. The Kier molecular flexibility index (Phi) is 3.61. The fourth-order valence-corrected chi connectivity index (χ4v) is 2.43. The molecule has 3 aromatic rings. The van der Waals surface area contributed by atoms with Crippen molar-refractivity contribution in [2.75, 3.05) is 11.1 Å². The number of rotatable bonds is 3. The van der Waals surface area contributed by atoms with E-state index in [1.165, 1.54) is 11.1 Å². The molecule has 3 aromatic carbocycles. The Hall–Kier alpha value is -2.74. The Morgan fingerprint density at radius 2 is 1.48 bits per heavy atom. The minimum atomic E-state index is 0.786. The van der Waals surface area contributed by atoms with Crippen molar-refractivity contribution in [1.29, 1.82) is 0 Å². The normalized spacial score (nSPS) is 10.3. The largest absolute Gasteiger partial charge is 0.399 e. The predicted molar refractivity (Wildman–Crippen MR) is 90.8 cm³/mol. The summed E-state index contributed by atoms with van der Waals surface area (Å²) in [6.45, 7) is 2.06. The Morgan fingerprint density at radius 3 is 2.24 bits per heavy atom. The number of hydrogen-bond donors (Lipinski definition) is 2. The molecule has 0 radical (unpaired) electrons. The van der Waals surface area contributed by atoms with Gasteiger partial charge in [0, 0.05) is 22.6 Å². The Morgan fingerprint density at radius 1 is 0.762 bits per heavy atom. The molecular formula is C19H18N2. The van der Waals surface area contributed by atoms with Gasteiger partial charge in [-0.2, -0.15) is 0 Å². The van der Waals surface area contributed by atoms with E-state index in [4.69, 9.17) is 5.73 Å². The standard InChI is InChI=1S/C19H18N2/c1-14-13-16(20)11-12-18(14)21-19-10-6-5-9-17(19)15-7-3-2-4-8-15/h2-13,21H,20H2,1H3. The van der Waals surface area contributed by atoms with Gasteiger partial charge in [0.05, 0.1) is 0 Å². The highest BCUT2D eigenvalue weighted by molar-refractivity contribution is 5.81. The van der Waals surface area contributed by atoms with Crippen molar-refractivity contribution in [3.63, 3.8) is 0 Å². The molecule has 3 N–H and O–H groups in total. The van der Waals surface area contributed by atoms with Gasteiger partial charge >= 0.3 is 0 Å². The molecule has 0 unspecified atom stereocenters. The molecule has 104 valence electrons. The van der Waals surface area contributed by atoms with Crippen LogP contribution in [0.5, 0.6) is 0 Å². The van der Waals surface area contributed by atoms with Gasteiger partial charge in [0.15, 0.2) is 0 Å². The highest BCUT2D eigenvalue weighted by Gasteiger charge is 2.06. The zero-order valence-corrected chi connectivity index (χ0v) is 12.0. The summed E-state index contributed by atoms with van der Waals surface area (Å²) < 4.78 is 0. The average molecular weight is 274 g/mol. The lowest BCUT2D eigenvalue weighted by Gasteiger charge is -2.14. The summed E-state index contributed by atoms with van der Waals surface area (Å²) in [5.41, 5.74) is 12.3. The maximum Gasteiger partial charge on any atom is 0.0463 e. The highest BCUT2D eigenvalue weighted by Crippen LogP contribution is 2.31. The predicted octanol–water partition coefficient (Wildman–Crippen LogP) is 4.99. The maximum absolute atomic E-state index is 5.81. The lowest BCUT2D eigenvalue weighted by Crippen LogP contribution is -1.96. The van der Waals surface area contributed by atoms with E-state index in [0.717, 1.165) is 22.6 Å². The lowest BCUT2D eigenvalue weighted by molar-refractivity contribution is 1.43. The number of benzene rings is 3. The number of hydrogen-bond acceptors (Lipinski definition) is 2. The fraction of sp³-hybridized carbons (Fsp3) is 0.0526. The molecule has 3 rings (SSSR count). The fourth-order valence-electron chi connectivity index (χ4n) is 2.43. The first-order valence-electron chi connectivity index (χ1n) is 7.01. The molecule has 0 bridgehead atoms. The lowest BCUT2D eigenvalue weighted by atomic mass is 10.0. The van der Waals surface area contributed by atoms with Gasteiger partial charge in [-0.25, -0.2) is 0 Å². The molecule has 0 fully saturated rings. The van der Waals surface area contributed by atoms with Crippen LogP contribution in [0.25, 0.3) is 11.1 Å². The number of nitrogen functional groups attached to an aromatic ring is 1. The third kappa shape index (κ3) is 2.90. The number of aryl methyl sites for hydroxylation is 1. The van der Waals surface area contributed by atoms with Crippen molar-refractivity contribution >= 4 is 17.1 Å². The molecule has 0 aliphatic rings. The average Bonchev–Trinajstić information content (AvgIpc) is 2.51. The minimum Gasteiger partial charge on any atom is -0.399 e.